The number of amides is 2. The van der Waals surface area contributed by atoms with Gasteiger partial charge in [0.1, 0.15) is 16.4 Å². The first-order chi connectivity index (χ1) is 14.8. The van der Waals surface area contributed by atoms with Crippen LogP contribution in [0.1, 0.15) is 37.1 Å². The lowest BCUT2D eigenvalue weighted by Crippen LogP contribution is -2.55. The predicted octanol–water partition coefficient (Wildman–Crippen LogP) is 2.96. The van der Waals surface area contributed by atoms with Gasteiger partial charge in [-0.1, -0.05) is 19.9 Å². The zero-order valence-corrected chi connectivity index (χ0v) is 17.5. The minimum Gasteiger partial charge on any atom is -0.395 e. The molecule has 1 saturated heterocycles. The van der Waals surface area contributed by atoms with Crippen molar-refractivity contribution in [1.82, 2.24) is 20.4 Å². The highest BCUT2D eigenvalue weighted by molar-refractivity contribution is 7.13. The van der Waals surface area contributed by atoms with Crippen molar-refractivity contribution in [3.05, 3.63) is 51.6 Å². The fraction of sp³-hybridized carbons (Fsp3) is 0.316. The number of nitrogens with one attached hydrogen (secondary N) is 3. The Morgan fingerprint density at radius 3 is 2.87 bits per heavy atom. The van der Waals surface area contributed by atoms with Crippen LogP contribution in [0.3, 0.4) is 0 Å². The van der Waals surface area contributed by atoms with Crippen molar-refractivity contribution < 1.29 is 18.9 Å². The molecule has 31 heavy (non-hydrogen) atoms. The number of anilines is 1. The van der Waals surface area contributed by atoms with Gasteiger partial charge in [-0.25, -0.2) is 4.68 Å². The molecule has 0 bridgehead atoms. The van der Waals surface area contributed by atoms with Crippen molar-refractivity contribution in [3.8, 4) is 10.6 Å². The van der Waals surface area contributed by atoms with Gasteiger partial charge in [0.15, 0.2) is 12.0 Å². The summed E-state index contributed by atoms with van der Waals surface area (Å²) in [4.78, 5) is 35.9. The SMILES string of the molecule is CC(C)C1CC(=O)NC(n2nc(-c3cccs3)cc2NC(=O)c2ccc([N+](=O)[O-])o2)N1. The van der Waals surface area contributed by atoms with Crippen LogP contribution in [-0.2, 0) is 4.79 Å². The molecule has 12 heteroatoms. The van der Waals surface area contributed by atoms with Crippen molar-refractivity contribution in [2.75, 3.05) is 5.32 Å². The van der Waals surface area contributed by atoms with Crippen LogP contribution < -0.4 is 16.0 Å². The number of hydrogen-bond acceptors (Lipinski definition) is 8. The lowest BCUT2D eigenvalue weighted by molar-refractivity contribution is -0.402. The van der Waals surface area contributed by atoms with Gasteiger partial charge in [-0.2, -0.15) is 5.10 Å². The molecule has 1 aliphatic rings. The second-order valence-corrected chi connectivity index (χ2v) is 8.32. The molecule has 0 aliphatic carbocycles. The van der Waals surface area contributed by atoms with Crippen LogP contribution in [0.4, 0.5) is 11.7 Å². The first-order valence-electron chi connectivity index (χ1n) is 9.56. The number of nitrogens with zero attached hydrogens (tertiary/aromatic N) is 3. The molecule has 0 aromatic carbocycles. The molecule has 4 rings (SSSR count). The lowest BCUT2D eigenvalue weighted by Gasteiger charge is -2.34. The van der Waals surface area contributed by atoms with Gasteiger partial charge in [0, 0.05) is 18.5 Å². The number of aromatic nitrogens is 2. The molecular formula is C19H20N6O5S. The maximum absolute atomic E-state index is 12.6. The average Bonchev–Trinajstić information content (AvgIpc) is 3.47. The molecule has 2 atom stereocenters. The number of nitro groups is 1. The topological polar surface area (TPSA) is 144 Å². The summed E-state index contributed by atoms with van der Waals surface area (Å²) in [5, 5.41) is 26.2. The fourth-order valence-corrected chi connectivity index (χ4v) is 3.91. The summed E-state index contributed by atoms with van der Waals surface area (Å²) in [5.74, 6) is -1.03. The summed E-state index contributed by atoms with van der Waals surface area (Å²) in [6.07, 6.45) is -0.339. The normalized spacial score (nSPS) is 18.7. The smallest absolute Gasteiger partial charge is 0.395 e. The molecule has 0 saturated carbocycles. The second-order valence-electron chi connectivity index (χ2n) is 7.38. The number of carbonyl (C=O) groups is 2. The fourth-order valence-electron chi connectivity index (χ4n) is 3.23. The molecule has 0 spiro atoms. The molecule has 2 amide bonds. The Morgan fingerprint density at radius 2 is 2.23 bits per heavy atom. The minimum atomic E-state index is -0.719. The summed E-state index contributed by atoms with van der Waals surface area (Å²) in [7, 11) is 0. The summed E-state index contributed by atoms with van der Waals surface area (Å²) >= 11 is 1.48. The Kier molecular flexibility index (Phi) is 5.57. The molecule has 1 aliphatic heterocycles. The number of furan rings is 1. The molecule has 2 unspecified atom stereocenters. The molecule has 0 radical (unpaired) electrons. The standard InChI is InChI=1S/C19H20N6O5S/c1-10(2)11-9-16(26)22-19(20-11)24-15(8-12(23-24)14-4-3-7-31-14)21-18(27)13-5-6-17(30-13)25(28)29/h3-8,10-11,19-20H,9H2,1-2H3,(H,21,27)(H,22,26). The maximum Gasteiger partial charge on any atom is 0.433 e. The van der Waals surface area contributed by atoms with E-state index in [-0.39, 0.29) is 23.6 Å². The number of carbonyl (C=O) groups excluding carboxylic acids is 2. The van der Waals surface area contributed by atoms with Crippen LogP contribution in [0.5, 0.6) is 0 Å². The van der Waals surface area contributed by atoms with Gasteiger partial charge in [-0.05, 0) is 23.4 Å². The van der Waals surface area contributed by atoms with Gasteiger partial charge in [0.2, 0.25) is 5.91 Å². The van der Waals surface area contributed by atoms with E-state index < -0.39 is 23.0 Å². The number of thiophene rings is 1. The van der Waals surface area contributed by atoms with Crippen LogP contribution in [0.15, 0.2) is 40.1 Å². The average molecular weight is 444 g/mol. The second kappa shape index (κ2) is 8.32. The maximum atomic E-state index is 12.6. The molecule has 3 aromatic heterocycles. The van der Waals surface area contributed by atoms with Crippen LogP contribution in [0.2, 0.25) is 0 Å². The largest absolute Gasteiger partial charge is 0.433 e. The van der Waals surface area contributed by atoms with E-state index in [0.29, 0.717) is 17.9 Å². The highest BCUT2D eigenvalue weighted by atomic mass is 32.1. The zero-order valence-electron chi connectivity index (χ0n) is 16.7. The van der Waals surface area contributed by atoms with E-state index in [0.717, 1.165) is 10.9 Å². The van der Waals surface area contributed by atoms with Gasteiger partial charge in [0.25, 0.3) is 5.91 Å². The Hall–Kier alpha value is -3.51. The minimum absolute atomic E-state index is 0.0654. The van der Waals surface area contributed by atoms with E-state index >= 15 is 0 Å². The van der Waals surface area contributed by atoms with E-state index in [1.807, 2.05) is 31.4 Å². The van der Waals surface area contributed by atoms with Crippen molar-refractivity contribution in [2.24, 2.45) is 5.92 Å². The van der Waals surface area contributed by atoms with E-state index in [2.05, 4.69) is 21.0 Å². The van der Waals surface area contributed by atoms with Crippen molar-refractivity contribution in [3.63, 3.8) is 0 Å². The first-order valence-corrected chi connectivity index (χ1v) is 10.4. The molecule has 162 valence electrons. The van der Waals surface area contributed by atoms with E-state index in [1.165, 1.54) is 22.1 Å². The van der Waals surface area contributed by atoms with Crippen LogP contribution in [-0.4, -0.2) is 32.6 Å². The van der Waals surface area contributed by atoms with Crippen LogP contribution >= 0.6 is 11.3 Å². The Bertz CT molecular complexity index is 1120. The van der Waals surface area contributed by atoms with Crippen LogP contribution in [0.25, 0.3) is 10.6 Å². The molecule has 4 heterocycles. The Morgan fingerprint density at radius 1 is 1.42 bits per heavy atom. The molecule has 11 nitrogen and oxygen atoms in total. The molecular weight excluding hydrogens is 424 g/mol. The Balaban J connectivity index is 1.66. The summed E-state index contributed by atoms with van der Waals surface area (Å²) in [6, 6.07) is 7.72. The third kappa shape index (κ3) is 4.34. The molecule has 3 aromatic rings. The first kappa shape index (κ1) is 20.8. The van der Waals surface area contributed by atoms with Gasteiger partial charge >= 0.3 is 5.88 Å². The van der Waals surface area contributed by atoms with Crippen molar-refractivity contribution in [2.45, 2.75) is 32.6 Å². The molecule has 3 N–H and O–H groups in total. The third-order valence-electron chi connectivity index (χ3n) is 4.87. The Labute approximate surface area is 180 Å². The van der Waals surface area contributed by atoms with Crippen LogP contribution in [0, 0.1) is 16.0 Å². The van der Waals surface area contributed by atoms with Crippen molar-refractivity contribution >= 4 is 34.9 Å². The quantitative estimate of drug-likeness (QED) is 0.391. The van der Waals surface area contributed by atoms with Crippen molar-refractivity contribution in [1.29, 1.82) is 0 Å². The predicted molar refractivity (Wildman–Crippen MR) is 112 cm³/mol. The summed E-state index contributed by atoms with van der Waals surface area (Å²) in [5.41, 5.74) is 0.610. The van der Waals surface area contributed by atoms with E-state index in [1.54, 1.807) is 6.07 Å². The highest BCUT2D eigenvalue weighted by Crippen LogP contribution is 2.29. The van der Waals surface area contributed by atoms with Gasteiger partial charge in [-0.3, -0.25) is 25.0 Å². The van der Waals surface area contributed by atoms with Gasteiger partial charge < -0.3 is 15.1 Å². The van der Waals surface area contributed by atoms with Gasteiger partial charge in [0.05, 0.1) is 10.9 Å². The van der Waals surface area contributed by atoms with E-state index in [9.17, 15) is 19.7 Å². The van der Waals surface area contributed by atoms with Gasteiger partial charge in [-0.15, -0.1) is 11.3 Å². The highest BCUT2D eigenvalue weighted by Gasteiger charge is 2.31. The molecule has 1 fully saturated rings. The number of rotatable bonds is 6. The number of hydrogen-bond donors (Lipinski definition) is 3. The monoisotopic (exact) mass is 444 g/mol. The lowest BCUT2D eigenvalue weighted by atomic mass is 9.99. The zero-order chi connectivity index (χ0) is 22.1. The van der Waals surface area contributed by atoms with E-state index in [4.69, 9.17) is 4.42 Å². The summed E-state index contributed by atoms with van der Waals surface area (Å²) in [6.45, 7) is 4.03. The summed E-state index contributed by atoms with van der Waals surface area (Å²) < 4.78 is 6.47. The third-order valence-corrected chi connectivity index (χ3v) is 5.76.